The second kappa shape index (κ2) is 6.65. The number of hydrogen-bond donors (Lipinski definition) is 2. The maximum atomic E-state index is 11.7. The van der Waals surface area contributed by atoms with Crippen LogP contribution >= 0.6 is 0 Å². The monoisotopic (exact) mass is 277 g/mol. The third-order valence-corrected chi connectivity index (χ3v) is 3.95. The van der Waals surface area contributed by atoms with Gasteiger partial charge in [-0.1, -0.05) is 6.42 Å². The zero-order valence-electron chi connectivity index (χ0n) is 12.2. The summed E-state index contributed by atoms with van der Waals surface area (Å²) in [5.41, 5.74) is 6.14. The number of hydrogen-bond acceptors (Lipinski definition) is 5. The molecule has 1 aromatic heterocycles. The number of amides is 1. The van der Waals surface area contributed by atoms with Gasteiger partial charge in [0, 0.05) is 20.6 Å². The lowest BCUT2D eigenvalue weighted by molar-refractivity contribution is 0.0821. The molecule has 1 aliphatic rings. The molecule has 2 rings (SSSR count). The number of anilines is 1. The summed E-state index contributed by atoms with van der Waals surface area (Å²) in [6, 6.07) is 3.50. The fraction of sp³-hybridized carbons (Fsp3) is 0.643. The van der Waals surface area contributed by atoms with E-state index in [9.17, 15) is 4.79 Å². The lowest BCUT2D eigenvalue weighted by Gasteiger charge is -2.18. The number of carbonyl (C=O) groups excluding carboxylic acids is 1. The molecule has 0 bridgehead atoms. The molecular weight excluding hydrogens is 254 g/mol. The van der Waals surface area contributed by atoms with E-state index in [2.05, 4.69) is 15.5 Å². The third kappa shape index (κ3) is 3.45. The lowest BCUT2D eigenvalue weighted by atomic mass is 9.96. The molecule has 1 fully saturated rings. The minimum absolute atomic E-state index is 0.136. The van der Waals surface area contributed by atoms with E-state index in [1.165, 1.54) is 24.2 Å². The van der Waals surface area contributed by atoms with Crippen molar-refractivity contribution in [1.82, 2.24) is 15.1 Å². The van der Waals surface area contributed by atoms with E-state index in [1.54, 1.807) is 26.2 Å². The maximum absolute atomic E-state index is 11.7. The van der Waals surface area contributed by atoms with Gasteiger partial charge >= 0.3 is 0 Å². The molecule has 2 unspecified atom stereocenters. The molecule has 3 N–H and O–H groups in total. The number of nitrogens with zero attached hydrogens (tertiary/aromatic N) is 3. The highest BCUT2D eigenvalue weighted by molar-refractivity contribution is 5.91. The first-order chi connectivity index (χ1) is 9.61. The van der Waals surface area contributed by atoms with Crippen molar-refractivity contribution in [2.45, 2.75) is 19.3 Å². The molecule has 0 aromatic carbocycles. The Kier molecular flexibility index (Phi) is 4.89. The zero-order valence-corrected chi connectivity index (χ0v) is 12.2. The van der Waals surface area contributed by atoms with Crippen LogP contribution in [0.25, 0.3) is 0 Å². The van der Waals surface area contributed by atoms with Crippen molar-refractivity contribution < 1.29 is 4.79 Å². The summed E-state index contributed by atoms with van der Waals surface area (Å²) in [7, 11) is 3.40. The van der Waals surface area contributed by atoms with Crippen LogP contribution in [0.15, 0.2) is 12.1 Å². The van der Waals surface area contributed by atoms with Gasteiger partial charge in [-0.05, 0) is 43.4 Å². The largest absolute Gasteiger partial charge is 0.368 e. The van der Waals surface area contributed by atoms with Gasteiger partial charge in [-0.25, -0.2) is 0 Å². The average molecular weight is 277 g/mol. The molecule has 1 aliphatic carbocycles. The first kappa shape index (κ1) is 14.7. The topological polar surface area (TPSA) is 84.1 Å². The van der Waals surface area contributed by atoms with Gasteiger partial charge < -0.3 is 16.0 Å². The summed E-state index contributed by atoms with van der Waals surface area (Å²) < 4.78 is 0. The van der Waals surface area contributed by atoms with Crippen LogP contribution in [0.2, 0.25) is 0 Å². The van der Waals surface area contributed by atoms with Gasteiger partial charge in [0.25, 0.3) is 5.91 Å². The number of nitrogens with two attached hydrogens (primary N) is 1. The minimum Gasteiger partial charge on any atom is -0.368 e. The molecule has 2 atom stereocenters. The highest BCUT2D eigenvalue weighted by Crippen LogP contribution is 2.30. The van der Waals surface area contributed by atoms with Crippen LogP contribution in [0.1, 0.15) is 29.8 Å². The molecule has 0 spiro atoms. The second-order valence-corrected chi connectivity index (χ2v) is 5.57. The summed E-state index contributed by atoms with van der Waals surface area (Å²) >= 11 is 0. The molecule has 20 heavy (non-hydrogen) atoms. The Morgan fingerprint density at radius 1 is 1.35 bits per heavy atom. The third-order valence-electron chi connectivity index (χ3n) is 3.95. The summed E-state index contributed by atoms with van der Waals surface area (Å²) in [5.74, 6) is 1.81. The zero-order chi connectivity index (χ0) is 14.5. The molecule has 0 aliphatic heterocycles. The first-order valence-corrected chi connectivity index (χ1v) is 7.11. The quantitative estimate of drug-likeness (QED) is 0.837. The molecule has 6 nitrogen and oxygen atoms in total. The Bertz CT molecular complexity index is 445. The van der Waals surface area contributed by atoms with Crippen molar-refractivity contribution in [2.75, 3.05) is 32.5 Å². The summed E-state index contributed by atoms with van der Waals surface area (Å²) in [6.45, 7) is 1.63. The number of carbonyl (C=O) groups is 1. The van der Waals surface area contributed by atoms with Gasteiger partial charge in [0.15, 0.2) is 5.69 Å². The van der Waals surface area contributed by atoms with Crippen LogP contribution in [0.4, 0.5) is 5.82 Å². The van der Waals surface area contributed by atoms with E-state index in [0.717, 1.165) is 13.1 Å². The fourth-order valence-electron chi connectivity index (χ4n) is 2.70. The Hall–Kier alpha value is -1.69. The van der Waals surface area contributed by atoms with E-state index in [-0.39, 0.29) is 5.91 Å². The van der Waals surface area contributed by atoms with Crippen LogP contribution in [0.5, 0.6) is 0 Å². The van der Waals surface area contributed by atoms with Crippen molar-refractivity contribution in [1.29, 1.82) is 0 Å². The predicted molar refractivity (Wildman–Crippen MR) is 78.4 cm³/mol. The molecule has 0 radical (unpaired) electrons. The summed E-state index contributed by atoms with van der Waals surface area (Å²) in [5, 5.41) is 11.3. The van der Waals surface area contributed by atoms with Crippen LogP contribution in [0, 0.1) is 11.8 Å². The molecule has 1 amide bonds. The van der Waals surface area contributed by atoms with Crippen molar-refractivity contribution in [2.24, 2.45) is 17.6 Å². The van der Waals surface area contributed by atoms with Crippen molar-refractivity contribution >= 4 is 11.7 Å². The normalized spacial score (nSPS) is 21.8. The predicted octanol–water partition coefficient (Wildman–Crippen LogP) is 0.965. The summed E-state index contributed by atoms with van der Waals surface area (Å²) in [6.07, 6.45) is 3.71. The van der Waals surface area contributed by atoms with Gasteiger partial charge in [0.1, 0.15) is 5.82 Å². The lowest BCUT2D eigenvalue weighted by Crippen LogP contribution is -2.25. The standard InChI is InChI=1S/C14H23N5O/c1-19(2)14(20)12-6-7-13(18-17-12)16-9-11-5-3-4-10(11)8-15/h6-7,10-11H,3-5,8-9,15H2,1-2H3,(H,16,18). The van der Waals surface area contributed by atoms with Crippen LogP contribution in [-0.4, -0.2) is 48.2 Å². The highest BCUT2D eigenvalue weighted by Gasteiger charge is 2.25. The van der Waals surface area contributed by atoms with Crippen LogP contribution in [0.3, 0.4) is 0 Å². The second-order valence-electron chi connectivity index (χ2n) is 5.57. The highest BCUT2D eigenvalue weighted by atomic mass is 16.2. The van der Waals surface area contributed by atoms with Gasteiger partial charge in [0.05, 0.1) is 0 Å². The molecular formula is C14H23N5O. The number of rotatable bonds is 5. The van der Waals surface area contributed by atoms with Crippen molar-refractivity contribution in [3.63, 3.8) is 0 Å². The van der Waals surface area contributed by atoms with E-state index in [4.69, 9.17) is 5.73 Å². The molecule has 110 valence electrons. The summed E-state index contributed by atoms with van der Waals surface area (Å²) in [4.78, 5) is 13.2. The van der Waals surface area contributed by atoms with Gasteiger partial charge in [0.2, 0.25) is 0 Å². The van der Waals surface area contributed by atoms with E-state index < -0.39 is 0 Å². The number of nitrogens with one attached hydrogen (secondary N) is 1. The average Bonchev–Trinajstić information content (AvgIpc) is 2.92. The van der Waals surface area contributed by atoms with Gasteiger partial charge in [-0.15, -0.1) is 10.2 Å². The number of aromatic nitrogens is 2. The molecule has 1 aromatic rings. The van der Waals surface area contributed by atoms with E-state index in [0.29, 0.717) is 23.3 Å². The Morgan fingerprint density at radius 2 is 2.10 bits per heavy atom. The fourth-order valence-corrected chi connectivity index (χ4v) is 2.70. The minimum atomic E-state index is -0.136. The van der Waals surface area contributed by atoms with E-state index in [1.807, 2.05) is 0 Å². The molecule has 1 heterocycles. The van der Waals surface area contributed by atoms with E-state index >= 15 is 0 Å². The van der Waals surface area contributed by atoms with Crippen molar-refractivity contribution in [3.05, 3.63) is 17.8 Å². The maximum Gasteiger partial charge on any atom is 0.273 e. The Morgan fingerprint density at radius 3 is 2.70 bits per heavy atom. The van der Waals surface area contributed by atoms with Gasteiger partial charge in [-0.2, -0.15) is 0 Å². The Labute approximate surface area is 119 Å². The van der Waals surface area contributed by atoms with Crippen LogP contribution in [-0.2, 0) is 0 Å². The molecule has 0 saturated heterocycles. The van der Waals surface area contributed by atoms with Crippen molar-refractivity contribution in [3.8, 4) is 0 Å². The molecule has 1 saturated carbocycles. The molecule has 6 heteroatoms. The van der Waals surface area contributed by atoms with Crippen LogP contribution < -0.4 is 11.1 Å². The smallest absolute Gasteiger partial charge is 0.273 e. The Balaban J connectivity index is 1.89. The van der Waals surface area contributed by atoms with Gasteiger partial charge in [-0.3, -0.25) is 4.79 Å². The SMILES string of the molecule is CN(C)C(=O)c1ccc(NCC2CCCC2CN)nn1. The first-order valence-electron chi connectivity index (χ1n) is 7.11.